The number of carbonyl (C=O) groups is 2. The van der Waals surface area contributed by atoms with Crippen molar-refractivity contribution in [3.8, 4) is 11.1 Å². The minimum atomic E-state index is -0.461. The topological polar surface area (TPSA) is 89.3 Å². The molecule has 4 rings (SSSR count). The fourth-order valence-corrected chi connectivity index (χ4v) is 4.35. The standard InChI is InChI=1S/C24H31N5O4/c1-16(2)33-23(30)28-13-17(3)29(24(31)32-4)21-6-5-19(11-22(21)28)20-12-26-27(15-20)14-18-7-9-25-10-8-18/h5-6,9,11-12,15-18H,7-8,10,13-14H2,1-4H3/t17-,18+/m0/s1. The van der Waals surface area contributed by atoms with E-state index in [0.717, 1.165) is 37.1 Å². The van der Waals surface area contributed by atoms with Gasteiger partial charge in [0.1, 0.15) is 0 Å². The van der Waals surface area contributed by atoms with Gasteiger partial charge in [0.2, 0.25) is 0 Å². The lowest BCUT2D eigenvalue weighted by atomic mass is 10.0. The van der Waals surface area contributed by atoms with Crippen molar-refractivity contribution in [2.75, 3.05) is 30.0 Å². The van der Waals surface area contributed by atoms with Crippen LogP contribution in [0.15, 0.2) is 35.6 Å². The molecule has 2 aromatic rings. The lowest BCUT2D eigenvalue weighted by molar-refractivity contribution is 0.121. The number of amides is 2. The highest BCUT2D eigenvalue weighted by molar-refractivity contribution is 6.01. The van der Waals surface area contributed by atoms with Gasteiger partial charge in [-0.05, 0) is 63.4 Å². The maximum atomic E-state index is 12.9. The number of carbonyl (C=O) groups excluding carboxylic acids is 2. The number of benzene rings is 1. The van der Waals surface area contributed by atoms with Crippen molar-refractivity contribution in [2.24, 2.45) is 10.9 Å². The zero-order valence-electron chi connectivity index (χ0n) is 19.6. The molecule has 0 saturated heterocycles. The second-order valence-corrected chi connectivity index (χ2v) is 8.87. The fourth-order valence-electron chi connectivity index (χ4n) is 4.35. The Kier molecular flexibility index (Phi) is 6.67. The van der Waals surface area contributed by atoms with Crippen molar-refractivity contribution in [2.45, 2.75) is 52.3 Å². The number of rotatable bonds is 4. The monoisotopic (exact) mass is 453 g/mol. The van der Waals surface area contributed by atoms with E-state index in [1.165, 1.54) is 7.11 Å². The number of methoxy groups -OCH3 is 1. The second-order valence-electron chi connectivity index (χ2n) is 8.87. The second kappa shape index (κ2) is 9.64. The van der Waals surface area contributed by atoms with Crippen LogP contribution in [0.5, 0.6) is 0 Å². The lowest BCUT2D eigenvalue weighted by Gasteiger charge is -2.40. The first-order valence-electron chi connectivity index (χ1n) is 11.4. The molecule has 2 atom stereocenters. The summed E-state index contributed by atoms with van der Waals surface area (Å²) < 4.78 is 12.4. The van der Waals surface area contributed by atoms with Crippen molar-refractivity contribution < 1.29 is 19.1 Å². The quantitative estimate of drug-likeness (QED) is 0.686. The van der Waals surface area contributed by atoms with Gasteiger partial charge in [-0.1, -0.05) is 6.07 Å². The van der Waals surface area contributed by atoms with Crippen LogP contribution in [0, 0.1) is 5.92 Å². The van der Waals surface area contributed by atoms with E-state index in [9.17, 15) is 9.59 Å². The molecule has 9 heteroatoms. The molecule has 3 heterocycles. The highest BCUT2D eigenvalue weighted by atomic mass is 16.6. The molecule has 2 amide bonds. The summed E-state index contributed by atoms with van der Waals surface area (Å²) in [5, 5.41) is 4.54. The molecule has 1 aromatic heterocycles. The molecule has 0 bridgehead atoms. The summed E-state index contributed by atoms with van der Waals surface area (Å²) in [6.45, 7) is 7.54. The van der Waals surface area contributed by atoms with Gasteiger partial charge >= 0.3 is 12.2 Å². The van der Waals surface area contributed by atoms with Crippen LogP contribution in [0.3, 0.4) is 0 Å². The molecule has 176 valence electrons. The van der Waals surface area contributed by atoms with Gasteiger partial charge in [-0.3, -0.25) is 19.5 Å². The Balaban J connectivity index is 1.66. The molecule has 0 unspecified atom stereocenters. The Morgan fingerprint density at radius 3 is 2.70 bits per heavy atom. The van der Waals surface area contributed by atoms with Crippen molar-refractivity contribution >= 4 is 29.8 Å². The van der Waals surface area contributed by atoms with Crippen LogP contribution in [0.2, 0.25) is 0 Å². The summed E-state index contributed by atoms with van der Waals surface area (Å²) in [4.78, 5) is 32.8. The van der Waals surface area contributed by atoms with E-state index in [0.29, 0.717) is 23.8 Å². The molecule has 0 fully saturated rings. The molecule has 0 saturated carbocycles. The third kappa shape index (κ3) is 4.86. The van der Waals surface area contributed by atoms with Crippen LogP contribution < -0.4 is 9.80 Å². The predicted octanol–water partition coefficient (Wildman–Crippen LogP) is 4.36. The number of aliphatic imine (C=N–C) groups is 1. The van der Waals surface area contributed by atoms with Gasteiger partial charge in [0.15, 0.2) is 0 Å². The maximum Gasteiger partial charge on any atom is 0.414 e. The zero-order valence-corrected chi connectivity index (χ0v) is 19.6. The fraction of sp³-hybridized carbons (Fsp3) is 0.500. The SMILES string of the molecule is COC(=O)N1c2ccc(-c3cnn(C[C@@H]4CC=NCC4)c3)cc2N(C(=O)OC(C)C)C[C@@H]1C. The molecule has 9 nitrogen and oxygen atoms in total. The Hall–Kier alpha value is -3.36. The van der Waals surface area contributed by atoms with E-state index in [1.54, 1.807) is 9.80 Å². The van der Waals surface area contributed by atoms with Gasteiger partial charge in [0.05, 0.1) is 43.4 Å². The van der Waals surface area contributed by atoms with Crippen LogP contribution in [-0.2, 0) is 16.0 Å². The molecular formula is C24H31N5O4. The molecule has 0 spiro atoms. The molecular weight excluding hydrogens is 422 g/mol. The Morgan fingerprint density at radius 2 is 2.00 bits per heavy atom. The van der Waals surface area contributed by atoms with Crippen LogP contribution in [-0.4, -0.2) is 60.5 Å². The smallest absolute Gasteiger partial charge is 0.414 e. The highest BCUT2D eigenvalue weighted by Crippen LogP contribution is 2.39. The van der Waals surface area contributed by atoms with Gasteiger partial charge in [0, 0.05) is 24.8 Å². The highest BCUT2D eigenvalue weighted by Gasteiger charge is 2.36. The van der Waals surface area contributed by atoms with Gasteiger partial charge in [-0.25, -0.2) is 9.59 Å². The average molecular weight is 454 g/mol. The van der Waals surface area contributed by atoms with E-state index in [2.05, 4.69) is 10.1 Å². The summed E-state index contributed by atoms with van der Waals surface area (Å²) in [7, 11) is 1.36. The average Bonchev–Trinajstić information content (AvgIpc) is 3.26. The Bertz CT molecular complexity index is 1050. The van der Waals surface area contributed by atoms with Crippen LogP contribution in [0.25, 0.3) is 11.1 Å². The Labute approximate surface area is 194 Å². The van der Waals surface area contributed by atoms with Crippen LogP contribution >= 0.6 is 0 Å². The largest absolute Gasteiger partial charge is 0.452 e. The Morgan fingerprint density at radius 1 is 1.18 bits per heavy atom. The minimum Gasteiger partial charge on any atom is -0.452 e. The molecule has 1 aromatic carbocycles. The number of aromatic nitrogens is 2. The first-order chi connectivity index (χ1) is 15.9. The van der Waals surface area contributed by atoms with E-state index < -0.39 is 12.2 Å². The summed E-state index contributed by atoms with van der Waals surface area (Å²) in [6.07, 6.45) is 6.75. The molecule has 2 aliphatic heterocycles. The molecule has 2 aliphatic rings. The number of fused-ring (bicyclic) bond motifs is 1. The molecule has 0 aliphatic carbocycles. The minimum absolute atomic E-state index is 0.249. The number of hydrogen-bond donors (Lipinski definition) is 0. The van der Waals surface area contributed by atoms with E-state index in [4.69, 9.17) is 9.47 Å². The number of hydrogen-bond acceptors (Lipinski definition) is 6. The van der Waals surface area contributed by atoms with Gasteiger partial charge in [0.25, 0.3) is 0 Å². The van der Waals surface area contributed by atoms with Gasteiger partial charge in [-0.15, -0.1) is 0 Å². The van der Waals surface area contributed by atoms with E-state index in [1.807, 2.05) is 62.3 Å². The van der Waals surface area contributed by atoms with Gasteiger partial charge in [-0.2, -0.15) is 5.10 Å². The third-order valence-electron chi connectivity index (χ3n) is 5.99. The van der Waals surface area contributed by atoms with Crippen molar-refractivity contribution in [3.63, 3.8) is 0 Å². The number of nitrogens with zero attached hydrogens (tertiary/aromatic N) is 5. The molecule has 0 N–H and O–H groups in total. The van der Waals surface area contributed by atoms with E-state index >= 15 is 0 Å². The van der Waals surface area contributed by atoms with Crippen LogP contribution in [0.4, 0.5) is 21.0 Å². The maximum absolute atomic E-state index is 12.9. The normalized spacial score (nSPS) is 20.0. The summed E-state index contributed by atoms with van der Waals surface area (Å²) in [6, 6.07) is 5.43. The summed E-state index contributed by atoms with van der Waals surface area (Å²) in [5.74, 6) is 0.537. The zero-order chi connectivity index (χ0) is 23.5. The number of ether oxygens (including phenoxy) is 2. The molecule has 0 radical (unpaired) electrons. The van der Waals surface area contributed by atoms with Crippen molar-refractivity contribution in [3.05, 3.63) is 30.6 Å². The van der Waals surface area contributed by atoms with Crippen molar-refractivity contribution in [1.82, 2.24) is 9.78 Å². The number of anilines is 2. The molecule has 33 heavy (non-hydrogen) atoms. The van der Waals surface area contributed by atoms with E-state index in [-0.39, 0.29) is 12.1 Å². The third-order valence-corrected chi connectivity index (χ3v) is 5.99. The predicted molar refractivity (Wildman–Crippen MR) is 127 cm³/mol. The summed E-state index contributed by atoms with van der Waals surface area (Å²) >= 11 is 0. The van der Waals surface area contributed by atoms with Crippen LogP contribution in [0.1, 0.15) is 33.6 Å². The first kappa shape index (κ1) is 22.8. The lowest BCUT2D eigenvalue weighted by Crippen LogP contribution is -2.52. The van der Waals surface area contributed by atoms with Gasteiger partial charge < -0.3 is 9.47 Å². The summed E-state index contributed by atoms with van der Waals surface area (Å²) in [5.41, 5.74) is 3.08. The first-order valence-corrected chi connectivity index (χ1v) is 11.4. The van der Waals surface area contributed by atoms with Crippen molar-refractivity contribution in [1.29, 1.82) is 0 Å².